The molecular weight excluding hydrogens is 725 g/mol. The zero-order chi connectivity index (χ0) is 39.6. The Balaban J connectivity index is 1.01. The Bertz CT molecular complexity index is 3580. The predicted molar refractivity (Wildman–Crippen MR) is 256 cm³/mol. The normalized spacial score (nSPS) is 11.7. The maximum atomic E-state index is 2.40. The second kappa shape index (κ2) is 13.9. The summed E-state index contributed by atoms with van der Waals surface area (Å²) in [6.07, 6.45) is 0. The van der Waals surface area contributed by atoms with Crippen molar-refractivity contribution >= 4 is 82.0 Å². The lowest BCUT2D eigenvalue weighted by atomic mass is 9.93. The molecule has 0 spiro atoms. The summed E-state index contributed by atoms with van der Waals surface area (Å²) in [7, 11) is 0. The molecular formula is C58H38N2. The van der Waals surface area contributed by atoms with Crippen molar-refractivity contribution in [2.24, 2.45) is 0 Å². The van der Waals surface area contributed by atoms with Gasteiger partial charge in [-0.25, -0.2) is 0 Å². The standard InChI is InChI=1S/C58H38N2/c1-2-15-44(16-3-1)60-56-23-11-10-21-53(56)58-50(22-12-24-57(58)60)40-27-32-45(33-28-40)59(47-36-31-41-26-25-39-13-4-6-17-48(39)55(41)38-47)46-34-29-42(30-35-46)54-37-43-14-5-7-18-49(43)51-19-8-9-20-52(51)54/h1-38H. The fourth-order valence-electron chi connectivity index (χ4n) is 9.56. The molecule has 0 aliphatic carbocycles. The molecule has 1 heterocycles. The maximum Gasteiger partial charge on any atom is 0.0547 e. The summed E-state index contributed by atoms with van der Waals surface area (Å²) in [5.41, 5.74) is 11.7. The van der Waals surface area contributed by atoms with Crippen molar-refractivity contribution in [3.63, 3.8) is 0 Å². The monoisotopic (exact) mass is 762 g/mol. The Hall–Kier alpha value is -7.94. The number of para-hydroxylation sites is 2. The number of anilines is 3. The first-order valence-corrected chi connectivity index (χ1v) is 20.7. The Morgan fingerprint density at radius 2 is 0.800 bits per heavy atom. The van der Waals surface area contributed by atoms with Crippen molar-refractivity contribution in [2.45, 2.75) is 0 Å². The van der Waals surface area contributed by atoms with Gasteiger partial charge in [-0.3, -0.25) is 0 Å². The summed E-state index contributed by atoms with van der Waals surface area (Å²) in [5, 5.41) is 12.6. The van der Waals surface area contributed by atoms with Crippen molar-refractivity contribution in [3.05, 3.63) is 231 Å². The summed E-state index contributed by atoms with van der Waals surface area (Å²) in [6.45, 7) is 0. The molecule has 60 heavy (non-hydrogen) atoms. The number of aromatic nitrogens is 1. The van der Waals surface area contributed by atoms with Crippen LogP contribution in [0.15, 0.2) is 231 Å². The second-order valence-electron chi connectivity index (χ2n) is 15.7. The molecule has 0 amide bonds. The van der Waals surface area contributed by atoms with Crippen LogP contribution in [0.3, 0.4) is 0 Å². The highest BCUT2D eigenvalue weighted by molar-refractivity contribution is 6.16. The first kappa shape index (κ1) is 34.1. The van der Waals surface area contributed by atoms with Crippen LogP contribution in [-0.2, 0) is 0 Å². The van der Waals surface area contributed by atoms with Crippen LogP contribution in [0.4, 0.5) is 17.1 Å². The molecule has 280 valence electrons. The molecule has 0 saturated carbocycles. The van der Waals surface area contributed by atoms with Gasteiger partial charge < -0.3 is 9.47 Å². The highest BCUT2D eigenvalue weighted by atomic mass is 15.1. The van der Waals surface area contributed by atoms with E-state index in [-0.39, 0.29) is 0 Å². The van der Waals surface area contributed by atoms with Crippen LogP contribution >= 0.6 is 0 Å². The molecule has 0 saturated heterocycles. The molecule has 12 aromatic rings. The van der Waals surface area contributed by atoms with E-state index in [1.807, 2.05) is 0 Å². The average molecular weight is 763 g/mol. The predicted octanol–water partition coefficient (Wildman–Crippen LogP) is 16.2. The van der Waals surface area contributed by atoms with Gasteiger partial charge in [0.1, 0.15) is 0 Å². The summed E-state index contributed by atoms with van der Waals surface area (Å²) >= 11 is 0. The zero-order valence-corrected chi connectivity index (χ0v) is 32.8. The van der Waals surface area contributed by atoms with E-state index in [1.54, 1.807) is 0 Å². The van der Waals surface area contributed by atoms with Crippen LogP contribution in [0.25, 0.3) is 92.8 Å². The van der Waals surface area contributed by atoms with Gasteiger partial charge in [-0.15, -0.1) is 0 Å². The highest BCUT2D eigenvalue weighted by Crippen LogP contribution is 2.43. The first-order valence-electron chi connectivity index (χ1n) is 20.7. The van der Waals surface area contributed by atoms with Gasteiger partial charge in [-0.2, -0.15) is 0 Å². The summed E-state index contributed by atoms with van der Waals surface area (Å²) < 4.78 is 2.39. The zero-order valence-electron chi connectivity index (χ0n) is 32.8. The molecule has 12 rings (SSSR count). The minimum Gasteiger partial charge on any atom is -0.310 e. The molecule has 11 aromatic carbocycles. The van der Waals surface area contributed by atoms with Gasteiger partial charge >= 0.3 is 0 Å². The number of hydrogen-bond acceptors (Lipinski definition) is 1. The molecule has 2 nitrogen and oxygen atoms in total. The van der Waals surface area contributed by atoms with Gasteiger partial charge in [-0.1, -0.05) is 164 Å². The molecule has 1 aromatic heterocycles. The highest BCUT2D eigenvalue weighted by Gasteiger charge is 2.19. The number of nitrogens with zero attached hydrogens (tertiary/aromatic N) is 2. The molecule has 0 radical (unpaired) electrons. The molecule has 0 atom stereocenters. The van der Waals surface area contributed by atoms with E-state index >= 15 is 0 Å². The maximum absolute atomic E-state index is 2.40. The Morgan fingerprint density at radius 3 is 1.53 bits per heavy atom. The fourth-order valence-corrected chi connectivity index (χ4v) is 9.56. The van der Waals surface area contributed by atoms with Crippen LogP contribution in [0, 0.1) is 0 Å². The number of benzene rings is 11. The summed E-state index contributed by atoms with van der Waals surface area (Å²) in [5.74, 6) is 0. The quantitative estimate of drug-likeness (QED) is 0.153. The molecule has 0 aliphatic heterocycles. The molecule has 0 aliphatic rings. The lowest BCUT2D eigenvalue weighted by molar-refractivity contribution is 1.18. The summed E-state index contributed by atoms with van der Waals surface area (Å²) in [4.78, 5) is 2.40. The van der Waals surface area contributed by atoms with Gasteiger partial charge in [0.25, 0.3) is 0 Å². The van der Waals surface area contributed by atoms with E-state index < -0.39 is 0 Å². The van der Waals surface area contributed by atoms with Gasteiger partial charge in [-0.05, 0) is 132 Å². The number of rotatable bonds is 6. The molecule has 2 heteroatoms. The van der Waals surface area contributed by atoms with Crippen molar-refractivity contribution < 1.29 is 0 Å². The second-order valence-corrected chi connectivity index (χ2v) is 15.7. The van der Waals surface area contributed by atoms with Gasteiger partial charge in [0.2, 0.25) is 0 Å². The van der Waals surface area contributed by atoms with Crippen molar-refractivity contribution in [3.8, 4) is 27.9 Å². The molecule has 0 N–H and O–H groups in total. The van der Waals surface area contributed by atoms with Crippen LogP contribution in [0.2, 0.25) is 0 Å². The van der Waals surface area contributed by atoms with E-state index in [9.17, 15) is 0 Å². The van der Waals surface area contributed by atoms with Crippen LogP contribution in [0.5, 0.6) is 0 Å². The van der Waals surface area contributed by atoms with Crippen molar-refractivity contribution in [2.75, 3.05) is 4.90 Å². The third-order valence-electron chi connectivity index (χ3n) is 12.3. The average Bonchev–Trinajstić information content (AvgIpc) is 3.67. The van der Waals surface area contributed by atoms with Crippen LogP contribution in [0.1, 0.15) is 0 Å². The van der Waals surface area contributed by atoms with E-state index in [0.717, 1.165) is 22.7 Å². The minimum absolute atomic E-state index is 1.10. The third kappa shape index (κ3) is 5.50. The van der Waals surface area contributed by atoms with E-state index in [0.29, 0.717) is 0 Å². The smallest absolute Gasteiger partial charge is 0.0547 e. The van der Waals surface area contributed by atoms with E-state index in [1.165, 1.54) is 87.1 Å². The topological polar surface area (TPSA) is 8.17 Å². The van der Waals surface area contributed by atoms with E-state index in [2.05, 4.69) is 240 Å². The molecule has 0 bridgehead atoms. The number of hydrogen-bond donors (Lipinski definition) is 0. The minimum atomic E-state index is 1.10. The van der Waals surface area contributed by atoms with Crippen LogP contribution in [-0.4, -0.2) is 4.57 Å². The fraction of sp³-hybridized carbons (Fsp3) is 0. The lowest BCUT2D eigenvalue weighted by Crippen LogP contribution is -2.10. The summed E-state index contributed by atoms with van der Waals surface area (Å²) in [6, 6.07) is 84.3. The Kier molecular flexibility index (Phi) is 7.89. The lowest BCUT2D eigenvalue weighted by Gasteiger charge is -2.26. The number of fused-ring (bicyclic) bond motifs is 9. The van der Waals surface area contributed by atoms with Crippen molar-refractivity contribution in [1.82, 2.24) is 4.57 Å². The third-order valence-corrected chi connectivity index (χ3v) is 12.3. The SMILES string of the molecule is c1ccc(-n2c3ccccc3c3c(-c4ccc(N(c5ccc(-c6cc7ccccc7c7ccccc67)cc5)c5ccc6ccc7ccccc7c6c5)cc4)cccc32)cc1. The van der Waals surface area contributed by atoms with Gasteiger partial charge in [0.15, 0.2) is 0 Å². The van der Waals surface area contributed by atoms with E-state index in [4.69, 9.17) is 0 Å². The molecule has 0 unspecified atom stereocenters. The van der Waals surface area contributed by atoms with Crippen molar-refractivity contribution in [1.29, 1.82) is 0 Å². The first-order chi connectivity index (χ1) is 29.8. The Labute approximate surface area is 348 Å². The van der Waals surface area contributed by atoms with Crippen LogP contribution < -0.4 is 4.90 Å². The molecule has 0 fully saturated rings. The van der Waals surface area contributed by atoms with Gasteiger partial charge in [0, 0.05) is 33.5 Å². The van der Waals surface area contributed by atoms with Gasteiger partial charge in [0.05, 0.1) is 11.0 Å². The Morgan fingerprint density at radius 1 is 0.283 bits per heavy atom. The largest absolute Gasteiger partial charge is 0.310 e.